The number of carboxylic acid groups (broad SMARTS) is 1. The van der Waals surface area contributed by atoms with Crippen LogP contribution in [0.15, 0.2) is 35.7 Å². The number of hydrogen-bond donors (Lipinski definition) is 1. The van der Waals surface area contributed by atoms with Crippen LogP contribution in [0.2, 0.25) is 0 Å². The molecule has 2 rings (SSSR count). The summed E-state index contributed by atoms with van der Waals surface area (Å²) in [4.78, 5) is 17.6. The van der Waals surface area contributed by atoms with Gasteiger partial charge in [0.2, 0.25) is 0 Å². The lowest BCUT2D eigenvalue weighted by molar-refractivity contribution is -0.139. The predicted octanol–water partition coefficient (Wildman–Crippen LogP) is 3.50. The van der Waals surface area contributed by atoms with Crippen LogP contribution < -0.4 is 0 Å². The van der Waals surface area contributed by atoms with Crippen molar-refractivity contribution in [2.24, 2.45) is 0 Å². The third kappa shape index (κ3) is 4.37. The Morgan fingerprint density at radius 3 is 2.71 bits per heavy atom. The summed E-state index contributed by atoms with van der Waals surface area (Å²) in [5, 5.41) is 12.0. The molecule has 1 aromatic carbocycles. The summed E-state index contributed by atoms with van der Waals surface area (Å²) in [6, 6.07) is 10.3. The largest absolute Gasteiger partial charge is 0.480 e. The van der Waals surface area contributed by atoms with Crippen LogP contribution in [0.25, 0.3) is 10.6 Å². The molecule has 1 aromatic heterocycles. The number of benzene rings is 1. The second kappa shape index (κ2) is 7.33. The number of carboxylic acids is 1. The Hall–Kier alpha value is -1.72. The van der Waals surface area contributed by atoms with Gasteiger partial charge in [0.1, 0.15) is 5.01 Å². The number of thiazole rings is 1. The van der Waals surface area contributed by atoms with E-state index in [4.69, 9.17) is 5.11 Å². The highest BCUT2D eigenvalue weighted by molar-refractivity contribution is 7.13. The van der Waals surface area contributed by atoms with Gasteiger partial charge in [-0.15, -0.1) is 11.3 Å². The van der Waals surface area contributed by atoms with E-state index in [-0.39, 0.29) is 12.6 Å². The van der Waals surface area contributed by atoms with Crippen molar-refractivity contribution < 1.29 is 9.90 Å². The highest BCUT2D eigenvalue weighted by Crippen LogP contribution is 2.24. The molecular formula is C16H20N2O2S. The van der Waals surface area contributed by atoms with Crippen LogP contribution in [0.3, 0.4) is 0 Å². The summed E-state index contributed by atoms with van der Waals surface area (Å²) in [6.45, 7) is 4.74. The number of nitrogens with zero attached hydrogens (tertiary/aromatic N) is 2. The van der Waals surface area contributed by atoms with Crippen molar-refractivity contribution in [3.05, 3.63) is 41.4 Å². The first-order valence-corrected chi connectivity index (χ1v) is 7.93. The maximum atomic E-state index is 11.0. The summed E-state index contributed by atoms with van der Waals surface area (Å²) in [6.07, 6.45) is 0.920. The zero-order valence-corrected chi connectivity index (χ0v) is 13.1. The maximum Gasteiger partial charge on any atom is 0.317 e. The summed E-state index contributed by atoms with van der Waals surface area (Å²) in [7, 11) is 0. The predicted molar refractivity (Wildman–Crippen MR) is 85.3 cm³/mol. The van der Waals surface area contributed by atoms with E-state index >= 15 is 0 Å². The van der Waals surface area contributed by atoms with Gasteiger partial charge in [0.25, 0.3) is 0 Å². The fraction of sp³-hybridized carbons (Fsp3) is 0.375. The molecule has 0 bridgehead atoms. The number of hydrogen-bond acceptors (Lipinski definition) is 4. The quantitative estimate of drug-likeness (QED) is 0.850. The molecule has 112 valence electrons. The normalized spacial score (nSPS) is 12.5. The van der Waals surface area contributed by atoms with E-state index in [1.807, 2.05) is 47.5 Å². The van der Waals surface area contributed by atoms with Gasteiger partial charge >= 0.3 is 5.97 Å². The molecule has 1 N–H and O–H groups in total. The Morgan fingerprint density at radius 2 is 2.10 bits per heavy atom. The molecule has 0 amide bonds. The number of aliphatic carboxylic acids is 1. The SMILES string of the molecule is CCC(C)N(CC(=O)O)Cc1csc(-c2ccccc2)n1. The first-order valence-electron chi connectivity index (χ1n) is 7.05. The lowest BCUT2D eigenvalue weighted by Crippen LogP contribution is -2.36. The highest BCUT2D eigenvalue weighted by Gasteiger charge is 2.17. The standard InChI is InChI=1S/C16H20N2O2S/c1-3-12(2)18(10-15(19)20)9-14-11-21-16(17-14)13-7-5-4-6-8-13/h4-8,11-12H,3,9-10H2,1-2H3,(H,19,20). The monoisotopic (exact) mass is 304 g/mol. The Labute approximate surface area is 129 Å². The van der Waals surface area contributed by atoms with E-state index in [9.17, 15) is 4.79 Å². The van der Waals surface area contributed by atoms with Gasteiger partial charge in [0.15, 0.2) is 0 Å². The van der Waals surface area contributed by atoms with E-state index in [0.29, 0.717) is 6.54 Å². The first kappa shape index (κ1) is 15.7. The summed E-state index contributed by atoms with van der Waals surface area (Å²) in [5.74, 6) is -0.797. The molecule has 0 spiro atoms. The van der Waals surface area contributed by atoms with Crippen molar-refractivity contribution in [1.29, 1.82) is 0 Å². The third-order valence-corrected chi connectivity index (χ3v) is 4.43. The molecular weight excluding hydrogens is 284 g/mol. The van der Waals surface area contributed by atoms with Crippen molar-refractivity contribution in [2.75, 3.05) is 6.54 Å². The van der Waals surface area contributed by atoms with Crippen molar-refractivity contribution in [1.82, 2.24) is 9.88 Å². The second-order valence-corrected chi connectivity index (χ2v) is 5.92. The molecule has 5 heteroatoms. The molecule has 0 fully saturated rings. The van der Waals surface area contributed by atoms with Crippen LogP contribution in [-0.4, -0.2) is 33.5 Å². The molecule has 0 saturated heterocycles. The molecule has 21 heavy (non-hydrogen) atoms. The van der Waals surface area contributed by atoms with Gasteiger partial charge in [-0.25, -0.2) is 4.98 Å². The van der Waals surface area contributed by atoms with Gasteiger partial charge in [-0.2, -0.15) is 0 Å². The molecule has 4 nitrogen and oxygen atoms in total. The van der Waals surface area contributed by atoms with E-state index in [1.54, 1.807) is 11.3 Å². The zero-order valence-electron chi connectivity index (χ0n) is 12.3. The fourth-order valence-electron chi connectivity index (χ4n) is 2.10. The topological polar surface area (TPSA) is 53.4 Å². The van der Waals surface area contributed by atoms with E-state index < -0.39 is 5.97 Å². The summed E-state index contributed by atoms with van der Waals surface area (Å²) < 4.78 is 0. The lowest BCUT2D eigenvalue weighted by Gasteiger charge is -2.25. The van der Waals surface area contributed by atoms with Crippen LogP contribution in [0.1, 0.15) is 26.0 Å². The molecule has 0 aliphatic rings. The average Bonchev–Trinajstić information content (AvgIpc) is 2.95. The molecule has 0 radical (unpaired) electrons. The van der Waals surface area contributed by atoms with E-state index in [2.05, 4.69) is 11.9 Å². The van der Waals surface area contributed by atoms with Gasteiger partial charge in [-0.1, -0.05) is 37.3 Å². The Kier molecular flexibility index (Phi) is 5.47. The molecule has 2 aromatic rings. The maximum absolute atomic E-state index is 11.0. The summed E-state index contributed by atoms with van der Waals surface area (Å²) >= 11 is 1.60. The van der Waals surface area contributed by atoms with Crippen LogP contribution in [0.5, 0.6) is 0 Å². The third-order valence-electron chi connectivity index (χ3n) is 3.49. The van der Waals surface area contributed by atoms with Gasteiger partial charge in [0.05, 0.1) is 12.2 Å². The molecule has 0 saturated carbocycles. The minimum atomic E-state index is -0.797. The van der Waals surface area contributed by atoms with Gasteiger partial charge in [-0.3, -0.25) is 9.69 Å². The van der Waals surface area contributed by atoms with Crippen molar-refractivity contribution in [3.8, 4) is 10.6 Å². The van der Waals surface area contributed by atoms with Crippen LogP contribution >= 0.6 is 11.3 Å². The Bertz CT molecular complexity index is 583. The minimum Gasteiger partial charge on any atom is -0.480 e. The molecule has 1 heterocycles. The molecule has 1 unspecified atom stereocenters. The van der Waals surface area contributed by atoms with E-state index in [1.165, 1.54) is 0 Å². The zero-order chi connectivity index (χ0) is 15.2. The van der Waals surface area contributed by atoms with Crippen LogP contribution in [-0.2, 0) is 11.3 Å². The Balaban J connectivity index is 2.11. The highest BCUT2D eigenvalue weighted by atomic mass is 32.1. The van der Waals surface area contributed by atoms with Crippen molar-refractivity contribution in [3.63, 3.8) is 0 Å². The van der Waals surface area contributed by atoms with Crippen LogP contribution in [0.4, 0.5) is 0 Å². The van der Waals surface area contributed by atoms with Crippen molar-refractivity contribution >= 4 is 17.3 Å². The first-order chi connectivity index (χ1) is 10.1. The second-order valence-electron chi connectivity index (χ2n) is 5.07. The summed E-state index contributed by atoms with van der Waals surface area (Å²) in [5.41, 5.74) is 2.03. The number of rotatable bonds is 7. The number of aromatic nitrogens is 1. The van der Waals surface area contributed by atoms with Gasteiger partial charge in [0, 0.05) is 23.5 Å². The fourth-order valence-corrected chi connectivity index (χ4v) is 2.92. The van der Waals surface area contributed by atoms with E-state index in [0.717, 1.165) is 22.7 Å². The molecule has 0 aliphatic carbocycles. The van der Waals surface area contributed by atoms with Gasteiger partial charge in [-0.05, 0) is 13.3 Å². The molecule has 1 atom stereocenters. The molecule has 0 aliphatic heterocycles. The Morgan fingerprint density at radius 1 is 1.38 bits per heavy atom. The van der Waals surface area contributed by atoms with Crippen molar-refractivity contribution in [2.45, 2.75) is 32.9 Å². The van der Waals surface area contributed by atoms with Gasteiger partial charge < -0.3 is 5.11 Å². The average molecular weight is 304 g/mol. The number of carbonyl (C=O) groups is 1. The minimum absolute atomic E-state index is 0.0488. The smallest absolute Gasteiger partial charge is 0.317 e. The van der Waals surface area contributed by atoms with Crippen LogP contribution in [0, 0.1) is 0 Å². The lowest BCUT2D eigenvalue weighted by atomic mass is 10.2.